The first-order valence-corrected chi connectivity index (χ1v) is 13.9. The van der Waals surface area contributed by atoms with Crippen LogP contribution in [0.15, 0.2) is 66.8 Å². The van der Waals surface area contributed by atoms with Gasteiger partial charge in [0.25, 0.3) is 5.91 Å². The van der Waals surface area contributed by atoms with Gasteiger partial charge in [-0.05, 0) is 86.3 Å². The number of hydrogen-bond acceptors (Lipinski definition) is 4. The molecule has 0 bridgehead atoms. The summed E-state index contributed by atoms with van der Waals surface area (Å²) in [6.45, 7) is 5.04. The van der Waals surface area contributed by atoms with Crippen LogP contribution >= 0.6 is 0 Å². The highest BCUT2D eigenvalue weighted by atomic mass is 16.1. The van der Waals surface area contributed by atoms with Gasteiger partial charge in [-0.15, -0.1) is 0 Å². The molecule has 0 aliphatic heterocycles. The highest BCUT2D eigenvalue weighted by Gasteiger charge is 2.57. The second kappa shape index (κ2) is 8.37. The minimum atomic E-state index is -0.0391. The molecular weight excluding hydrogens is 458 g/mol. The molecule has 0 saturated heterocycles. The van der Waals surface area contributed by atoms with Crippen LogP contribution in [0, 0.1) is 28.6 Å². The number of nitrogens with zero attached hydrogens (tertiary/aromatic N) is 4. The summed E-state index contributed by atoms with van der Waals surface area (Å²) >= 11 is 0. The molecule has 4 aliphatic carbocycles. The van der Waals surface area contributed by atoms with E-state index in [1.165, 1.54) is 24.1 Å². The van der Waals surface area contributed by atoms with Crippen LogP contribution in [0.3, 0.4) is 0 Å². The van der Waals surface area contributed by atoms with Crippen molar-refractivity contribution in [1.82, 2.24) is 25.1 Å². The molecule has 6 atom stereocenters. The number of para-hydroxylation sites is 2. The number of rotatable bonds is 3. The van der Waals surface area contributed by atoms with Gasteiger partial charge in [0.15, 0.2) is 0 Å². The van der Waals surface area contributed by atoms with Crippen molar-refractivity contribution in [2.75, 3.05) is 0 Å². The smallest absolute Gasteiger partial charge is 0.253 e. The number of benzene rings is 1. The van der Waals surface area contributed by atoms with E-state index in [-0.39, 0.29) is 22.8 Å². The standard InChI is InChI=1S/C31H35N5O/c1-30-14-11-22(35-29(37)20-13-16-33-34-18-20)17-21(30)7-8-23-24-9-10-28(31(24,2)15-12-25(23)30)36-19-32-26-5-3-4-6-27(26)36/h3-7,10,13,16,18-19,22-25H,8-9,11-12,14-15,17H2,1-2H3,(H,35,37). The van der Waals surface area contributed by atoms with E-state index in [4.69, 9.17) is 4.98 Å². The molecule has 2 heterocycles. The maximum atomic E-state index is 12.7. The summed E-state index contributed by atoms with van der Waals surface area (Å²) in [6.07, 6.45) is 18.2. The zero-order chi connectivity index (χ0) is 25.2. The lowest BCUT2D eigenvalue weighted by Gasteiger charge is -2.58. The summed E-state index contributed by atoms with van der Waals surface area (Å²) in [7, 11) is 0. The van der Waals surface area contributed by atoms with E-state index < -0.39 is 0 Å². The van der Waals surface area contributed by atoms with Gasteiger partial charge in [-0.3, -0.25) is 4.79 Å². The fraction of sp³-hybridized carbons (Fsp3) is 0.484. The van der Waals surface area contributed by atoms with Crippen LogP contribution in [0.4, 0.5) is 0 Å². The summed E-state index contributed by atoms with van der Waals surface area (Å²) < 4.78 is 2.37. The van der Waals surface area contributed by atoms with Crippen LogP contribution in [0.1, 0.15) is 69.2 Å². The van der Waals surface area contributed by atoms with Gasteiger partial charge < -0.3 is 9.88 Å². The SMILES string of the molecule is CC12CCC(NC(=O)c3ccnnc3)CC1=CCC1C2CCC2(C)C(n3cnc4ccccc43)=CCC12. The number of fused-ring (bicyclic) bond motifs is 6. The maximum Gasteiger partial charge on any atom is 0.253 e. The molecule has 6 unspecified atom stereocenters. The quantitative estimate of drug-likeness (QED) is 0.452. The molecule has 2 saturated carbocycles. The third kappa shape index (κ3) is 3.44. The Hall–Kier alpha value is -3.28. The van der Waals surface area contributed by atoms with Crippen LogP contribution < -0.4 is 5.32 Å². The molecule has 190 valence electrons. The van der Waals surface area contributed by atoms with Crippen LogP contribution in [-0.2, 0) is 0 Å². The minimum Gasteiger partial charge on any atom is -0.349 e. The first kappa shape index (κ1) is 22.9. The molecule has 2 aromatic heterocycles. The van der Waals surface area contributed by atoms with Crippen LogP contribution in [0.2, 0.25) is 0 Å². The van der Waals surface area contributed by atoms with Crippen molar-refractivity contribution in [3.63, 3.8) is 0 Å². The van der Waals surface area contributed by atoms with E-state index in [2.05, 4.69) is 70.3 Å². The summed E-state index contributed by atoms with van der Waals surface area (Å²) in [5.74, 6) is 2.07. The molecule has 0 radical (unpaired) electrons. The van der Waals surface area contributed by atoms with E-state index in [1.54, 1.807) is 24.0 Å². The Kier molecular flexibility index (Phi) is 5.18. The predicted molar refractivity (Wildman–Crippen MR) is 144 cm³/mol. The third-order valence-electron chi connectivity index (χ3n) is 10.5. The van der Waals surface area contributed by atoms with Gasteiger partial charge in [0, 0.05) is 17.2 Å². The van der Waals surface area contributed by atoms with Gasteiger partial charge in [0.05, 0.1) is 29.0 Å². The molecule has 7 rings (SSSR count). The monoisotopic (exact) mass is 493 g/mol. The molecule has 37 heavy (non-hydrogen) atoms. The number of hydrogen-bond donors (Lipinski definition) is 1. The average molecular weight is 494 g/mol. The molecule has 6 heteroatoms. The lowest BCUT2D eigenvalue weighted by molar-refractivity contribution is -0.0136. The average Bonchev–Trinajstić information content (AvgIpc) is 3.49. The molecule has 3 aromatic rings. The van der Waals surface area contributed by atoms with Crippen molar-refractivity contribution in [3.05, 3.63) is 72.3 Å². The molecular formula is C31H35N5O. The number of amides is 1. The van der Waals surface area contributed by atoms with Crippen LogP contribution in [0.5, 0.6) is 0 Å². The Morgan fingerprint density at radius 1 is 1.00 bits per heavy atom. The number of carbonyl (C=O) groups excluding carboxylic acids is 1. The van der Waals surface area contributed by atoms with E-state index in [9.17, 15) is 4.79 Å². The van der Waals surface area contributed by atoms with Gasteiger partial charge in [0.2, 0.25) is 0 Å². The Bertz CT molecular complexity index is 1420. The summed E-state index contributed by atoms with van der Waals surface area (Å²) in [6, 6.07) is 10.4. The minimum absolute atomic E-state index is 0.0391. The van der Waals surface area contributed by atoms with Crippen molar-refractivity contribution >= 4 is 22.6 Å². The van der Waals surface area contributed by atoms with E-state index in [0.29, 0.717) is 17.4 Å². The van der Waals surface area contributed by atoms with Crippen molar-refractivity contribution < 1.29 is 4.79 Å². The summed E-state index contributed by atoms with van der Waals surface area (Å²) in [5, 5.41) is 10.9. The topological polar surface area (TPSA) is 72.7 Å². The largest absolute Gasteiger partial charge is 0.349 e. The first-order valence-electron chi connectivity index (χ1n) is 13.9. The van der Waals surface area contributed by atoms with Crippen LogP contribution in [0.25, 0.3) is 16.7 Å². The lowest BCUT2D eigenvalue weighted by atomic mass is 9.47. The fourth-order valence-corrected chi connectivity index (χ4v) is 8.55. The Morgan fingerprint density at radius 2 is 1.86 bits per heavy atom. The van der Waals surface area contributed by atoms with Crippen molar-refractivity contribution in [2.45, 2.75) is 64.8 Å². The summed E-state index contributed by atoms with van der Waals surface area (Å²) in [5.41, 5.74) is 6.35. The van der Waals surface area contributed by atoms with Gasteiger partial charge >= 0.3 is 0 Å². The molecule has 1 N–H and O–H groups in total. The molecule has 4 aliphatic rings. The van der Waals surface area contributed by atoms with E-state index in [0.717, 1.165) is 43.5 Å². The van der Waals surface area contributed by atoms with Gasteiger partial charge in [-0.1, -0.05) is 43.7 Å². The summed E-state index contributed by atoms with van der Waals surface area (Å²) in [4.78, 5) is 17.4. The Morgan fingerprint density at radius 3 is 2.73 bits per heavy atom. The zero-order valence-corrected chi connectivity index (χ0v) is 21.7. The van der Waals surface area contributed by atoms with Crippen molar-refractivity contribution in [3.8, 4) is 0 Å². The van der Waals surface area contributed by atoms with Gasteiger partial charge in [-0.25, -0.2) is 4.98 Å². The van der Waals surface area contributed by atoms with Crippen LogP contribution in [-0.4, -0.2) is 31.7 Å². The van der Waals surface area contributed by atoms with Crippen molar-refractivity contribution in [2.24, 2.45) is 28.6 Å². The van der Waals surface area contributed by atoms with E-state index in [1.807, 2.05) is 6.33 Å². The van der Waals surface area contributed by atoms with E-state index >= 15 is 0 Å². The Balaban J connectivity index is 1.11. The maximum absolute atomic E-state index is 12.7. The van der Waals surface area contributed by atoms with Gasteiger partial charge in [-0.2, -0.15) is 10.2 Å². The molecule has 1 amide bonds. The fourth-order valence-electron chi connectivity index (χ4n) is 8.55. The number of carbonyl (C=O) groups is 1. The Labute approximate surface area is 218 Å². The molecule has 1 aromatic carbocycles. The highest BCUT2D eigenvalue weighted by molar-refractivity contribution is 5.94. The second-order valence-corrected chi connectivity index (χ2v) is 12.2. The van der Waals surface area contributed by atoms with Gasteiger partial charge in [0.1, 0.15) is 6.33 Å². The lowest BCUT2D eigenvalue weighted by Crippen LogP contribution is -2.51. The first-order chi connectivity index (χ1) is 18.0. The number of allylic oxidation sites excluding steroid dienone is 3. The number of aromatic nitrogens is 4. The molecule has 6 nitrogen and oxygen atoms in total. The molecule has 2 fully saturated rings. The molecule has 0 spiro atoms. The van der Waals surface area contributed by atoms with Crippen molar-refractivity contribution in [1.29, 1.82) is 0 Å². The highest BCUT2D eigenvalue weighted by Crippen LogP contribution is 2.65. The number of imidazole rings is 1. The second-order valence-electron chi connectivity index (χ2n) is 12.2. The predicted octanol–water partition coefficient (Wildman–Crippen LogP) is 6.04. The third-order valence-corrected chi connectivity index (χ3v) is 10.5. The normalized spacial score (nSPS) is 34.6. The number of nitrogens with one attached hydrogen (secondary N) is 1. The zero-order valence-electron chi connectivity index (χ0n) is 21.7.